The molecule has 0 aliphatic heterocycles. The molecule has 4 nitrogen and oxygen atoms in total. The Hall–Kier alpha value is 0.117. The first kappa shape index (κ1) is 17.5. The predicted octanol–water partition coefficient (Wildman–Crippen LogP) is 2.16. The lowest BCUT2D eigenvalue weighted by atomic mass is 10.3. The van der Waals surface area contributed by atoms with Crippen LogP contribution in [0, 0.1) is 0 Å². The van der Waals surface area contributed by atoms with E-state index in [4.69, 9.17) is 18.1 Å². The van der Waals surface area contributed by atoms with E-state index in [-0.39, 0.29) is 0 Å². The summed E-state index contributed by atoms with van der Waals surface area (Å²) < 4.78 is 15.8. The van der Waals surface area contributed by atoms with Crippen LogP contribution < -0.4 is 0 Å². The highest BCUT2D eigenvalue weighted by Gasteiger charge is 2.36. The lowest BCUT2D eigenvalue weighted by Crippen LogP contribution is -2.42. The van der Waals surface area contributed by atoms with Crippen molar-refractivity contribution in [3.05, 3.63) is 0 Å². The zero-order chi connectivity index (χ0) is 12.2. The Morgan fingerprint density at radius 1 is 1.13 bits per heavy atom. The van der Waals surface area contributed by atoms with Gasteiger partial charge in [0.15, 0.2) is 5.62 Å². The second-order valence-electron chi connectivity index (χ2n) is 2.86. The van der Waals surface area contributed by atoms with Gasteiger partial charge in [0.05, 0.1) is 0 Å². The number of hydrogen-bond donors (Lipinski definition) is 1. The molecular weight excluding hydrogens is 232 g/mol. The Morgan fingerprint density at radius 3 is 1.80 bits per heavy atom. The van der Waals surface area contributed by atoms with Gasteiger partial charge in [-0.3, -0.25) is 4.79 Å². The summed E-state index contributed by atoms with van der Waals surface area (Å²) in [5, 5.41) is 0. The topological polar surface area (TPSA) is 44.8 Å². The Balaban J connectivity index is 0. The van der Waals surface area contributed by atoms with Crippen LogP contribution in [0.5, 0.6) is 0 Å². The van der Waals surface area contributed by atoms with Crippen molar-refractivity contribution in [3.8, 4) is 0 Å². The molecule has 0 amide bonds. The van der Waals surface area contributed by atoms with Gasteiger partial charge in [0.1, 0.15) is 0 Å². The second-order valence-corrected chi connectivity index (χ2v) is 6.16. The summed E-state index contributed by atoms with van der Waals surface area (Å²) in [6.07, 6.45) is 3.55. The molecule has 6 heteroatoms. The summed E-state index contributed by atoms with van der Waals surface area (Å²) >= 11 is 3.11. The van der Waals surface area contributed by atoms with E-state index in [2.05, 4.69) is 19.6 Å². The molecule has 0 aromatic heterocycles. The van der Waals surface area contributed by atoms with Gasteiger partial charge in [-0.1, -0.05) is 19.8 Å². The van der Waals surface area contributed by atoms with Crippen LogP contribution in [0.15, 0.2) is 0 Å². The van der Waals surface area contributed by atoms with Gasteiger partial charge in [0.2, 0.25) is 0 Å². The van der Waals surface area contributed by atoms with Gasteiger partial charge in [-0.25, -0.2) is 0 Å². The first-order valence-corrected chi connectivity index (χ1v) is 7.34. The van der Waals surface area contributed by atoms with Crippen molar-refractivity contribution in [3.63, 3.8) is 0 Å². The molecule has 92 valence electrons. The van der Waals surface area contributed by atoms with Crippen LogP contribution in [0.1, 0.15) is 26.2 Å². The predicted molar refractivity (Wildman–Crippen MR) is 66.8 cm³/mol. The minimum absolute atomic E-state index is 0.444. The quantitative estimate of drug-likeness (QED) is 0.327. The third-order valence-corrected chi connectivity index (χ3v) is 4.85. The molecule has 0 radical (unpaired) electrons. The maximum absolute atomic E-state index is 8.67. The number of carbonyl (C=O) groups excluding carboxylic acids is 1. The first-order valence-electron chi connectivity index (χ1n) is 4.89. The Kier molecular flexibility index (Phi) is 14.2. The molecule has 0 heterocycles. The molecule has 0 aromatic carbocycles. The van der Waals surface area contributed by atoms with Crippen LogP contribution in [-0.4, -0.2) is 35.8 Å². The Morgan fingerprint density at radius 2 is 1.53 bits per heavy atom. The monoisotopic (exact) mass is 254 g/mol. The molecule has 0 unspecified atom stereocenters. The SMILES string of the molecule is CCCCC[Si](OC)(OC)OC.O=CS. The number of hydrogen-bond acceptors (Lipinski definition) is 4. The van der Waals surface area contributed by atoms with Crippen molar-refractivity contribution in [2.75, 3.05) is 21.3 Å². The third-order valence-electron chi connectivity index (χ3n) is 2.02. The molecule has 0 saturated heterocycles. The second kappa shape index (κ2) is 12.2. The fourth-order valence-electron chi connectivity index (χ4n) is 1.15. The largest absolute Gasteiger partial charge is 0.500 e. The van der Waals surface area contributed by atoms with E-state index in [1.165, 1.54) is 12.8 Å². The van der Waals surface area contributed by atoms with E-state index >= 15 is 0 Å². The molecular formula is C9H22O4SSi. The summed E-state index contributed by atoms with van der Waals surface area (Å²) in [6, 6.07) is 0.921. The lowest BCUT2D eigenvalue weighted by molar-refractivity contribution is 0.123. The van der Waals surface area contributed by atoms with Gasteiger partial charge in [-0.05, 0) is 6.42 Å². The van der Waals surface area contributed by atoms with Crippen LogP contribution in [0.25, 0.3) is 0 Å². The molecule has 0 spiro atoms. The summed E-state index contributed by atoms with van der Waals surface area (Å²) in [7, 11) is 2.72. The van der Waals surface area contributed by atoms with Crippen LogP contribution in [-0.2, 0) is 18.1 Å². The summed E-state index contributed by atoms with van der Waals surface area (Å²) in [4.78, 5) is 8.67. The van der Waals surface area contributed by atoms with Gasteiger partial charge in [-0.2, -0.15) is 0 Å². The number of thiol groups is 1. The van der Waals surface area contributed by atoms with Crippen molar-refractivity contribution >= 4 is 27.1 Å². The van der Waals surface area contributed by atoms with E-state index in [0.29, 0.717) is 5.62 Å². The van der Waals surface area contributed by atoms with Crippen LogP contribution >= 0.6 is 12.6 Å². The van der Waals surface area contributed by atoms with Crippen LogP contribution in [0.2, 0.25) is 6.04 Å². The fraction of sp³-hybridized carbons (Fsp3) is 0.889. The average Bonchev–Trinajstić information content (AvgIpc) is 2.27. The minimum atomic E-state index is -2.25. The zero-order valence-electron chi connectivity index (χ0n) is 9.99. The maximum Gasteiger partial charge on any atom is 0.500 e. The summed E-state index contributed by atoms with van der Waals surface area (Å²) in [5.41, 5.74) is 0.444. The number of rotatable bonds is 7. The van der Waals surface area contributed by atoms with Crippen molar-refractivity contribution in [2.24, 2.45) is 0 Å². The Bertz CT molecular complexity index is 134. The molecule has 0 fully saturated rings. The highest BCUT2D eigenvalue weighted by atomic mass is 32.1. The molecule has 0 rings (SSSR count). The van der Waals surface area contributed by atoms with E-state index in [1.54, 1.807) is 21.3 Å². The van der Waals surface area contributed by atoms with Crippen molar-refractivity contribution in [2.45, 2.75) is 32.2 Å². The van der Waals surface area contributed by atoms with Gasteiger partial charge in [0, 0.05) is 27.4 Å². The molecule has 0 bridgehead atoms. The van der Waals surface area contributed by atoms with E-state index in [0.717, 1.165) is 12.5 Å². The molecule has 0 aliphatic rings. The van der Waals surface area contributed by atoms with E-state index in [1.807, 2.05) is 0 Å². The van der Waals surface area contributed by atoms with Gasteiger partial charge < -0.3 is 13.3 Å². The molecule has 0 aliphatic carbocycles. The van der Waals surface area contributed by atoms with Crippen molar-refractivity contribution in [1.82, 2.24) is 0 Å². The molecule has 15 heavy (non-hydrogen) atoms. The molecule has 0 aromatic rings. The van der Waals surface area contributed by atoms with E-state index < -0.39 is 8.80 Å². The molecule has 0 saturated carbocycles. The van der Waals surface area contributed by atoms with Gasteiger partial charge in [-0.15, -0.1) is 12.6 Å². The Labute approximate surface area is 99.1 Å². The average molecular weight is 254 g/mol. The summed E-state index contributed by atoms with van der Waals surface area (Å²) in [5.74, 6) is 0. The molecule has 0 N–H and O–H groups in total. The smallest absolute Gasteiger partial charge is 0.377 e. The highest BCUT2D eigenvalue weighted by Crippen LogP contribution is 2.16. The zero-order valence-corrected chi connectivity index (χ0v) is 11.9. The first-order chi connectivity index (χ1) is 7.16. The van der Waals surface area contributed by atoms with Crippen molar-refractivity contribution < 1.29 is 18.1 Å². The normalized spacial score (nSPS) is 10.5. The standard InChI is InChI=1S/C8H20O3Si.CH2OS/c1-5-6-7-8-12(9-2,10-3)11-4;2-1-3/h5-8H2,1-4H3;1H,(H,2,3). The highest BCUT2D eigenvalue weighted by molar-refractivity contribution is 7.94. The van der Waals surface area contributed by atoms with Crippen LogP contribution in [0.3, 0.4) is 0 Å². The van der Waals surface area contributed by atoms with E-state index in [9.17, 15) is 0 Å². The van der Waals surface area contributed by atoms with Crippen molar-refractivity contribution in [1.29, 1.82) is 0 Å². The maximum atomic E-state index is 8.67. The lowest BCUT2D eigenvalue weighted by Gasteiger charge is -2.23. The van der Waals surface area contributed by atoms with Crippen LogP contribution in [0.4, 0.5) is 0 Å². The van der Waals surface area contributed by atoms with Gasteiger partial charge in [0.25, 0.3) is 0 Å². The number of unbranched alkanes of at least 4 members (excludes halogenated alkanes) is 2. The summed E-state index contributed by atoms with van der Waals surface area (Å²) in [6.45, 7) is 2.18. The minimum Gasteiger partial charge on any atom is -0.377 e. The number of carbonyl (C=O) groups is 1. The molecule has 0 atom stereocenters. The fourth-order valence-corrected chi connectivity index (χ4v) is 2.94. The van der Waals surface area contributed by atoms with Gasteiger partial charge >= 0.3 is 8.80 Å². The third kappa shape index (κ3) is 9.07.